The highest BCUT2D eigenvalue weighted by Crippen LogP contribution is 2.42. The van der Waals surface area contributed by atoms with E-state index in [0.717, 1.165) is 0 Å². The number of ketones is 1. The van der Waals surface area contributed by atoms with Gasteiger partial charge in [-0.25, -0.2) is 0 Å². The molecule has 1 aliphatic heterocycles. The fourth-order valence-electron chi connectivity index (χ4n) is 4.11. The second-order valence-corrected chi connectivity index (χ2v) is 7.87. The zero-order chi connectivity index (χ0) is 25.4. The van der Waals surface area contributed by atoms with Crippen LogP contribution in [0.3, 0.4) is 0 Å². The van der Waals surface area contributed by atoms with E-state index in [1.165, 1.54) is 4.90 Å². The second kappa shape index (κ2) is 12.3. The molecule has 188 valence electrons. The molecule has 1 amide bonds. The molecule has 1 saturated heterocycles. The van der Waals surface area contributed by atoms with E-state index in [2.05, 4.69) is 0 Å². The average molecular weight is 484 g/mol. The van der Waals surface area contributed by atoms with Gasteiger partial charge in [-0.2, -0.15) is 0 Å². The Balaban J connectivity index is 2.12. The molecule has 1 atom stereocenters. The standard InChI is InChI=1S/C27H33NO7/c1-5-33-20-12-9-18(10-13-20)25(29)23-24(28(15-8-16-32-4)27(31)26(23)30)19-11-14-21(34-6-2)22(17-19)35-7-3/h9-14,17,24,29H,5-8,15-16H2,1-4H3/b25-23+. The van der Waals surface area contributed by atoms with Gasteiger partial charge >= 0.3 is 0 Å². The van der Waals surface area contributed by atoms with Gasteiger partial charge < -0.3 is 29.0 Å². The maximum absolute atomic E-state index is 13.2. The molecule has 2 aromatic carbocycles. The third-order valence-electron chi connectivity index (χ3n) is 5.61. The SMILES string of the molecule is CCOc1ccc(/C(O)=C2\C(=O)C(=O)N(CCCOC)C2c2ccc(OCC)c(OCC)c2)cc1. The first-order valence-electron chi connectivity index (χ1n) is 11.9. The van der Waals surface area contributed by atoms with E-state index in [4.69, 9.17) is 18.9 Å². The molecule has 0 radical (unpaired) electrons. The Morgan fingerprint density at radius 2 is 1.57 bits per heavy atom. The number of nitrogens with zero attached hydrogens (tertiary/aromatic N) is 1. The maximum Gasteiger partial charge on any atom is 0.295 e. The zero-order valence-electron chi connectivity index (χ0n) is 20.7. The predicted octanol–water partition coefficient (Wildman–Crippen LogP) is 4.34. The van der Waals surface area contributed by atoms with Gasteiger partial charge in [0.25, 0.3) is 11.7 Å². The minimum Gasteiger partial charge on any atom is -0.507 e. The summed E-state index contributed by atoms with van der Waals surface area (Å²) in [6, 6.07) is 11.3. The van der Waals surface area contributed by atoms with Crippen LogP contribution in [-0.4, -0.2) is 61.8 Å². The zero-order valence-corrected chi connectivity index (χ0v) is 20.7. The highest BCUT2D eigenvalue weighted by atomic mass is 16.5. The monoisotopic (exact) mass is 483 g/mol. The summed E-state index contributed by atoms with van der Waals surface area (Å²) in [5, 5.41) is 11.2. The molecule has 1 fully saturated rings. The molecule has 0 spiro atoms. The van der Waals surface area contributed by atoms with E-state index in [0.29, 0.717) is 67.8 Å². The van der Waals surface area contributed by atoms with Crippen LogP contribution < -0.4 is 14.2 Å². The van der Waals surface area contributed by atoms with Gasteiger partial charge in [-0.05, 0) is 69.2 Å². The molecule has 1 N–H and O–H groups in total. The average Bonchev–Trinajstić information content (AvgIpc) is 3.11. The van der Waals surface area contributed by atoms with E-state index in [1.54, 1.807) is 49.6 Å². The van der Waals surface area contributed by atoms with Crippen molar-refractivity contribution in [1.82, 2.24) is 4.90 Å². The highest BCUT2D eigenvalue weighted by Gasteiger charge is 2.46. The molecule has 3 rings (SSSR count). The summed E-state index contributed by atoms with van der Waals surface area (Å²) in [7, 11) is 1.58. The number of ether oxygens (including phenoxy) is 4. The summed E-state index contributed by atoms with van der Waals surface area (Å²) in [5.74, 6) is 0.0957. The van der Waals surface area contributed by atoms with Crippen molar-refractivity contribution < 1.29 is 33.6 Å². The van der Waals surface area contributed by atoms with E-state index in [-0.39, 0.29) is 11.3 Å². The second-order valence-electron chi connectivity index (χ2n) is 7.87. The molecular formula is C27H33NO7. The number of rotatable bonds is 12. The van der Waals surface area contributed by atoms with Crippen molar-refractivity contribution in [2.24, 2.45) is 0 Å². The van der Waals surface area contributed by atoms with Crippen molar-refractivity contribution in [1.29, 1.82) is 0 Å². The topological polar surface area (TPSA) is 94.5 Å². The number of amides is 1. The summed E-state index contributed by atoms with van der Waals surface area (Å²) >= 11 is 0. The van der Waals surface area contributed by atoms with Gasteiger partial charge in [0.1, 0.15) is 11.5 Å². The normalized spacial score (nSPS) is 17.0. The molecule has 8 nitrogen and oxygen atoms in total. The summed E-state index contributed by atoms with van der Waals surface area (Å²) in [6.07, 6.45) is 0.540. The van der Waals surface area contributed by atoms with Crippen LogP contribution >= 0.6 is 0 Å². The Morgan fingerprint density at radius 1 is 0.914 bits per heavy atom. The Hall–Kier alpha value is -3.52. The molecule has 0 aliphatic carbocycles. The van der Waals surface area contributed by atoms with Crippen molar-refractivity contribution in [3.8, 4) is 17.2 Å². The van der Waals surface area contributed by atoms with Crippen molar-refractivity contribution in [2.45, 2.75) is 33.2 Å². The molecule has 0 bridgehead atoms. The number of methoxy groups -OCH3 is 1. The van der Waals surface area contributed by atoms with E-state index >= 15 is 0 Å². The number of carbonyl (C=O) groups excluding carboxylic acids is 2. The first kappa shape index (κ1) is 26.1. The number of likely N-dealkylation sites (tertiary alicyclic amines) is 1. The smallest absolute Gasteiger partial charge is 0.295 e. The third kappa shape index (κ3) is 5.77. The maximum atomic E-state index is 13.2. The molecule has 2 aromatic rings. The van der Waals surface area contributed by atoms with Gasteiger partial charge in [0, 0.05) is 25.8 Å². The molecule has 1 aliphatic rings. The minimum absolute atomic E-state index is 0.0307. The summed E-state index contributed by atoms with van der Waals surface area (Å²) in [5.41, 5.74) is 1.09. The lowest BCUT2D eigenvalue weighted by molar-refractivity contribution is -0.140. The van der Waals surface area contributed by atoms with Crippen molar-refractivity contribution in [3.63, 3.8) is 0 Å². The van der Waals surface area contributed by atoms with Gasteiger partial charge in [-0.3, -0.25) is 9.59 Å². The Labute approximate surface area is 206 Å². The van der Waals surface area contributed by atoms with Crippen molar-refractivity contribution >= 4 is 17.4 Å². The molecule has 35 heavy (non-hydrogen) atoms. The summed E-state index contributed by atoms with van der Waals surface area (Å²) in [6.45, 7) is 7.75. The van der Waals surface area contributed by atoms with Crippen LogP contribution in [-0.2, 0) is 14.3 Å². The minimum atomic E-state index is -0.784. The van der Waals surface area contributed by atoms with Crippen LogP contribution in [0.5, 0.6) is 17.2 Å². The van der Waals surface area contributed by atoms with E-state index in [9.17, 15) is 14.7 Å². The Morgan fingerprint density at radius 3 is 2.20 bits per heavy atom. The van der Waals surface area contributed by atoms with Crippen LogP contribution in [0.4, 0.5) is 0 Å². The number of aliphatic hydroxyl groups is 1. The van der Waals surface area contributed by atoms with Crippen LogP contribution in [0.15, 0.2) is 48.0 Å². The number of carbonyl (C=O) groups is 2. The van der Waals surface area contributed by atoms with Crippen LogP contribution in [0.2, 0.25) is 0 Å². The van der Waals surface area contributed by atoms with Crippen LogP contribution in [0.1, 0.15) is 44.4 Å². The van der Waals surface area contributed by atoms with Gasteiger partial charge in [0.15, 0.2) is 11.5 Å². The van der Waals surface area contributed by atoms with Gasteiger partial charge in [0.05, 0.1) is 31.4 Å². The predicted molar refractivity (Wildman–Crippen MR) is 132 cm³/mol. The number of Topliss-reactive ketones (excluding diaryl/α,β-unsaturated/α-hetero) is 1. The Kier molecular flexibility index (Phi) is 9.14. The lowest BCUT2D eigenvalue weighted by Gasteiger charge is -2.26. The third-order valence-corrected chi connectivity index (χ3v) is 5.61. The summed E-state index contributed by atoms with van der Waals surface area (Å²) in [4.78, 5) is 27.7. The van der Waals surface area contributed by atoms with Crippen molar-refractivity contribution in [3.05, 3.63) is 59.2 Å². The first-order valence-corrected chi connectivity index (χ1v) is 11.9. The van der Waals surface area contributed by atoms with E-state index in [1.807, 2.05) is 20.8 Å². The van der Waals surface area contributed by atoms with Gasteiger partial charge in [0.2, 0.25) is 0 Å². The number of hydrogen-bond acceptors (Lipinski definition) is 7. The van der Waals surface area contributed by atoms with Gasteiger partial charge in [-0.15, -0.1) is 0 Å². The highest BCUT2D eigenvalue weighted by molar-refractivity contribution is 6.46. The largest absolute Gasteiger partial charge is 0.507 e. The lowest BCUT2D eigenvalue weighted by atomic mass is 9.95. The molecule has 1 unspecified atom stereocenters. The number of hydrogen-bond donors (Lipinski definition) is 1. The fourth-order valence-corrected chi connectivity index (χ4v) is 4.11. The van der Waals surface area contributed by atoms with E-state index < -0.39 is 17.7 Å². The fraction of sp³-hybridized carbons (Fsp3) is 0.407. The number of aliphatic hydroxyl groups excluding tert-OH is 1. The molecule has 0 saturated carbocycles. The Bertz CT molecular complexity index is 1060. The van der Waals surface area contributed by atoms with Crippen molar-refractivity contribution in [2.75, 3.05) is 40.1 Å². The molecule has 0 aromatic heterocycles. The molecular weight excluding hydrogens is 450 g/mol. The first-order chi connectivity index (χ1) is 17.0. The molecule has 8 heteroatoms. The lowest BCUT2D eigenvalue weighted by Crippen LogP contribution is -2.31. The van der Waals surface area contributed by atoms with Crippen LogP contribution in [0.25, 0.3) is 5.76 Å². The quantitative estimate of drug-likeness (QED) is 0.208. The molecule has 1 heterocycles. The van der Waals surface area contributed by atoms with Crippen LogP contribution in [0, 0.1) is 0 Å². The summed E-state index contributed by atoms with van der Waals surface area (Å²) < 4.78 is 22.0. The van der Waals surface area contributed by atoms with Gasteiger partial charge in [-0.1, -0.05) is 6.07 Å². The number of benzene rings is 2.